The number of aliphatic carboxylic acids is 1. The third-order valence-electron chi connectivity index (χ3n) is 6.26. The molecule has 0 aliphatic heterocycles. The first kappa shape index (κ1) is 41.7. The molecule has 0 bridgehead atoms. The second kappa shape index (κ2) is 26.0. The molecule has 0 radical (unpaired) electrons. The quantitative estimate of drug-likeness (QED) is 0.0618. The van der Waals surface area contributed by atoms with Crippen molar-refractivity contribution in [2.24, 2.45) is 5.73 Å². The molecular weight excluding hydrogens is 588 g/mol. The smallest absolute Gasteiger partial charge is 0.306 e. The molecule has 0 saturated heterocycles. The van der Waals surface area contributed by atoms with Gasteiger partial charge < -0.3 is 41.0 Å². The number of carboxylic acid groups (broad SMARTS) is 1. The molecule has 0 aliphatic rings. The summed E-state index contributed by atoms with van der Waals surface area (Å²) in [5, 5.41) is 16.6. The third kappa shape index (κ3) is 29.2. The van der Waals surface area contributed by atoms with Crippen LogP contribution in [-0.2, 0) is 43.0 Å². The SMILES string of the molecule is CC(C)(C)OC(=O)CCCCCCC(=O)NCCCOCCCCOCCCNC(=O)CCC(=O)N[C@@H](CCC(=O)O)C(N)=O. The maximum Gasteiger partial charge on any atom is 0.306 e. The molecule has 260 valence electrons. The average Bonchev–Trinajstić information content (AvgIpc) is 2.94. The van der Waals surface area contributed by atoms with E-state index in [1.807, 2.05) is 20.8 Å². The predicted molar refractivity (Wildman–Crippen MR) is 167 cm³/mol. The zero-order valence-electron chi connectivity index (χ0n) is 27.4. The first-order chi connectivity index (χ1) is 21.3. The summed E-state index contributed by atoms with van der Waals surface area (Å²) < 4.78 is 16.4. The summed E-state index contributed by atoms with van der Waals surface area (Å²) in [7, 11) is 0. The van der Waals surface area contributed by atoms with Gasteiger partial charge in [0.1, 0.15) is 11.6 Å². The normalized spacial score (nSPS) is 11.8. The maximum absolute atomic E-state index is 11.9. The van der Waals surface area contributed by atoms with Crippen LogP contribution in [0.2, 0.25) is 0 Å². The molecule has 0 saturated carbocycles. The fourth-order valence-electron chi connectivity index (χ4n) is 3.94. The van der Waals surface area contributed by atoms with Crippen molar-refractivity contribution >= 4 is 35.6 Å². The first-order valence-electron chi connectivity index (χ1n) is 16.0. The molecule has 0 rings (SSSR count). The number of carboxylic acids is 1. The van der Waals surface area contributed by atoms with Gasteiger partial charge in [-0.05, 0) is 65.7 Å². The number of rotatable bonds is 28. The van der Waals surface area contributed by atoms with Crippen molar-refractivity contribution in [3.63, 3.8) is 0 Å². The van der Waals surface area contributed by atoms with E-state index in [1.165, 1.54) is 0 Å². The number of ether oxygens (including phenoxy) is 3. The van der Waals surface area contributed by atoms with Gasteiger partial charge in [0.2, 0.25) is 23.6 Å². The Morgan fingerprint density at radius 1 is 0.644 bits per heavy atom. The molecule has 0 aromatic heterocycles. The van der Waals surface area contributed by atoms with Crippen molar-refractivity contribution < 1.29 is 48.1 Å². The van der Waals surface area contributed by atoms with Gasteiger partial charge in [-0.15, -0.1) is 0 Å². The molecule has 0 aromatic carbocycles. The zero-order chi connectivity index (χ0) is 33.9. The molecule has 0 aromatic rings. The molecule has 1 atom stereocenters. The summed E-state index contributed by atoms with van der Waals surface area (Å²) in [6.45, 7) is 8.79. The minimum atomic E-state index is -1.10. The van der Waals surface area contributed by atoms with E-state index in [-0.39, 0.29) is 43.5 Å². The molecule has 45 heavy (non-hydrogen) atoms. The van der Waals surface area contributed by atoms with Crippen LogP contribution < -0.4 is 21.7 Å². The number of hydrogen-bond acceptors (Lipinski definition) is 9. The lowest BCUT2D eigenvalue weighted by molar-refractivity contribution is -0.155. The number of nitrogens with one attached hydrogen (secondary N) is 3. The molecule has 0 unspecified atom stereocenters. The summed E-state index contributed by atoms with van der Waals surface area (Å²) in [5.74, 6) is -2.93. The van der Waals surface area contributed by atoms with Gasteiger partial charge in [-0.2, -0.15) is 0 Å². The lowest BCUT2D eigenvalue weighted by Gasteiger charge is -2.19. The van der Waals surface area contributed by atoms with Crippen LogP contribution in [0, 0.1) is 0 Å². The van der Waals surface area contributed by atoms with Gasteiger partial charge in [0, 0.05) is 71.6 Å². The fourth-order valence-corrected chi connectivity index (χ4v) is 3.94. The van der Waals surface area contributed by atoms with E-state index in [0.717, 1.165) is 44.9 Å². The Morgan fingerprint density at radius 2 is 1.13 bits per heavy atom. The lowest BCUT2D eigenvalue weighted by atomic mass is 10.1. The number of hydrogen-bond donors (Lipinski definition) is 5. The molecular formula is C31H56N4O10. The van der Waals surface area contributed by atoms with Crippen LogP contribution >= 0.6 is 0 Å². The van der Waals surface area contributed by atoms with Crippen molar-refractivity contribution in [3.05, 3.63) is 0 Å². The minimum Gasteiger partial charge on any atom is -0.481 e. The maximum atomic E-state index is 11.9. The van der Waals surface area contributed by atoms with Gasteiger partial charge >= 0.3 is 11.9 Å². The van der Waals surface area contributed by atoms with Crippen LogP contribution in [0.3, 0.4) is 0 Å². The van der Waals surface area contributed by atoms with Gasteiger partial charge in [0.15, 0.2) is 0 Å². The Labute approximate surface area is 267 Å². The molecule has 14 nitrogen and oxygen atoms in total. The fraction of sp³-hybridized carbons (Fsp3) is 0.806. The summed E-state index contributed by atoms with van der Waals surface area (Å²) in [6, 6.07) is -1.09. The monoisotopic (exact) mass is 644 g/mol. The molecule has 0 heterocycles. The highest BCUT2D eigenvalue weighted by Gasteiger charge is 2.19. The minimum absolute atomic E-state index is 0.0349. The summed E-state index contributed by atoms with van der Waals surface area (Å²) in [4.78, 5) is 69.3. The molecule has 0 aliphatic carbocycles. The third-order valence-corrected chi connectivity index (χ3v) is 6.26. The molecule has 4 amide bonds. The average molecular weight is 645 g/mol. The van der Waals surface area contributed by atoms with Crippen LogP contribution in [0.5, 0.6) is 0 Å². The number of esters is 1. The van der Waals surface area contributed by atoms with Crippen molar-refractivity contribution in [1.82, 2.24) is 16.0 Å². The summed E-state index contributed by atoms with van der Waals surface area (Å²) >= 11 is 0. The van der Waals surface area contributed by atoms with Crippen molar-refractivity contribution in [2.45, 2.75) is 122 Å². The van der Waals surface area contributed by atoms with Gasteiger partial charge in [-0.25, -0.2) is 0 Å². The first-order valence-corrected chi connectivity index (χ1v) is 16.0. The standard InChI is InChI=1S/C31H56N4O10/c1-31(2,3)45-29(41)13-7-5-4-6-12-25(36)33-18-10-22-43-20-8-9-21-44-23-11-19-34-26(37)15-16-27(38)35-24(30(32)42)14-17-28(39)40/h24H,4-23H2,1-3H3,(H2,32,42)(H,33,36)(H,34,37)(H,35,38)(H,39,40)/t24-/m0/s1. The molecule has 14 heteroatoms. The van der Waals surface area contributed by atoms with E-state index >= 15 is 0 Å². The van der Waals surface area contributed by atoms with Gasteiger partial charge in [-0.1, -0.05) is 12.8 Å². The van der Waals surface area contributed by atoms with E-state index in [4.69, 9.17) is 25.1 Å². The van der Waals surface area contributed by atoms with Crippen LogP contribution in [0.1, 0.15) is 111 Å². The lowest BCUT2D eigenvalue weighted by Crippen LogP contribution is -2.44. The van der Waals surface area contributed by atoms with E-state index in [9.17, 15) is 28.8 Å². The van der Waals surface area contributed by atoms with Crippen LogP contribution in [0.25, 0.3) is 0 Å². The number of unbranched alkanes of at least 4 members (excludes halogenated alkanes) is 4. The second-order valence-electron chi connectivity index (χ2n) is 11.8. The molecule has 0 fully saturated rings. The topological polar surface area (TPSA) is 212 Å². The Kier molecular flexibility index (Phi) is 24.1. The van der Waals surface area contributed by atoms with Gasteiger partial charge in [-0.3, -0.25) is 28.8 Å². The van der Waals surface area contributed by atoms with Gasteiger partial charge in [0.25, 0.3) is 0 Å². The molecule has 6 N–H and O–H groups in total. The van der Waals surface area contributed by atoms with E-state index < -0.39 is 29.4 Å². The Morgan fingerprint density at radius 3 is 1.64 bits per heavy atom. The van der Waals surface area contributed by atoms with Crippen LogP contribution in [0.4, 0.5) is 0 Å². The van der Waals surface area contributed by atoms with Crippen molar-refractivity contribution in [1.29, 1.82) is 0 Å². The predicted octanol–water partition coefficient (Wildman–Crippen LogP) is 2.11. The van der Waals surface area contributed by atoms with E-state index in [2.05, 4.69) is 16.0 Å². The summed E-state index contributed by atoms with van der Waals surface area (Å²) in [5.41, 5.74) is 4.72. The van der Waals surface area contributed by atoms with Crippen LogP contribution in [-0.4, -0.2) is 91.8 Å². The van der Waals surface area contributed by atoms with Gasteiger partial charge in [0.05, 0.1) is 0 Å². The number of carbonyl (C=O) groups excluding carboxylic acids is 5. The second-order valence-corrected chi connectivity index (χ2v) is 11.8. The number of carbonyl (C=O) groups is 6. The zero-order valence-corrected chi connectivity index (χ0v) is 27.4. The van der Waals surface area contributed by atoms with Crippen LogP contribution in [0.15, 0.2) is 0 Å². The highest BCUT2D eigenvalue weighted by Crippen LogP contribution is 2.11. The van der Waals surface area contributed by atoms with Crippen molar-refractivity contribution in [2.75, 3.05) is 39.5 Å². The highest BCUT2D eigenvalue weighted by molar-refractivity contribution is 5.88. The Balaban J connectivity index is 3.52. The molecule has 0 spiro atoms. The largest absolute Gasteiger partial charge is 0.481 e. The highest BCUT2D eigenvalue weighted by atomic mass is 16.6. The Hall–Kier alpha value is -3.26. The number of nitrogens with two attached hydrogens (primary N) is 1. The van der Waals surface area contributed by atoms with Crippen molar-refractivity contribution in [3.8, 4) is 0 Å². The number of amides is 4. The number of primary amides is 1. The van der Waals surface area contributed by atoms with E-state index in [1.54, 1.807) is 0 Å². The summed E-state index contributed by atoms with van der Waals surface area (Å²) in [6.07, 6.45) is 6.71. The Bertz CT molecular complexity index is 892. The van der Waals surface area contributed by atoms with E-state index in [0.29, 0.717) is 58.8 Å².